The van der Waals surface area contributed by atoms with Gasteiger partial charge in [0.2, 0.25) is 0 Å². The normalized spacial score (nSPS) is 16.1. The second-order valence-electron chi connectivity index (χ2n) is 12.0. The van der Waals surface area contributed by atoms with Gasteiger partial charge in [-0.3, -0.25) is 4.90 Å². The average Bonchev–Trinajstić information content (AvgIpc) is 3.44. The first-order valence-corrected chi connectivity index (χ1v) is 16.7. The Morgan fingerprint density at radius 3 is 2.66 bits per heavy atom. The number of aromatic nitrogens is 1. The van der Waals surface area contributed by atoms with Crippen LogP contribution in [-0.2, 0) is 33.8 Å². The van der Waals surface area contributed by atoms with Gasteiger partial charge in [-0.1, -0.05) is 57.2 Å². The van der Waals surface area contributed by atoms with E-state index in [0.29, 0.717) is 6.04 Å². The third kappa shape index (κ3) is 6.30. The minimum atomic E-state index is -1.81. The first-order chi connectivity index (χ1) is 18.0. The summed E-state index contributed by atoms with van der Waals surface area (Å²) >= 11 is 0. The highest BCUT2D eigenvalue weighted by molar-refractivity contribution is 6.74. The van der Waals surface area contributed by atoms with E-state index in [1.54, 1.807) is 0 Å². The molecule has 0 saturated heterocycles. The number of hydrogen-bond acceptors (Lipinski definition) is 4. The lowest BCUT2D eigenvalue weighted by Crippen LogP contribution is -2.43. The zero-order valence-electron chi connectivity index (χ0n) is 24.2. The van der Waals surface area contributed by atoms with E-state index >= 15 is 0 Å². The summed E-state index contributed by atoms with van der Waals surface area (Å²) in [5.74, 6) is -0.329. The van der Waals surface area contributed by atoms with Crippen LogP contribution in [0.25, 0.3) is 17.0 Å². The molecule has 0 radical (unpaired) electrons. The molecule has 4 rings (SSSR count). The van der Waals surface area contributed by atoms with Gasteiger partial charge in [-0.2, -0.15) is 0 Å². The number of carbonyl (C=O) groups excluding carboxylic acids is 1. The Bertz CT molecular complexity index is 1300. The van der Waals surface area contributed by atoms with Crippen LogP contribution in [0.2, 0.25) is 18.1 Å². The van der Waals surface area contributed by atoms with Crippen LogP contribution >= 0.6 is 0 Å². The Kier molecular flexibility index (Phi) is 8.65. The lowest BCUT2D eigenvalue weighted by molar-refractivity contribution is -0.134. The fraction of sp³-hybridized carbons (Fsp3) is 0.469. The van der Waals surface area contributed by atoms with Crippen molar-refractivity contribution in [1.29, 1.82) is 0 Å². The highest BCUT2D eigenvalue weighted by Crippen LogP contribution is 2.38. The van der Waals surface area contributed by atoms with Gasteiger partial charge in [0.1, 0.15) is 0 Å². The number of aryl methyl sites for hydroxylation is 2. The fourth-order valence-electron chi connectivity index (χ4n) is 5.28. The molecule has 0 spiro atoms. The Labute approximate surface area is 229 Å². The van der Waals surface area contributed by atoms with E-state index < -0.39 is 8.32 Å². The van der Waals surface area contributed by atoms with Gasteiger partial charge in [-0.15, -0.1) is 0 Å². The molecule has 0 bridgehead atoms. The number of hydrogen-bond donors (Lipinski definition) is 0. The predicted molar refractivity (Wildman–Crippen MR) is 160 cm³/mol. The molecule has 3 aromatic rings. The molecule has 1 unspecified atom stereocenters. The molecule has 204 valence electrons. The van der Waals surface area contributed by atoms with Gasteiger partial charge in [0.25, 0.3) is 0 Å². The van der Waals surface area contributed by atoms with E-state index in [2.05, 4.69) is 99.0 Å². The molecular weight excluding hydrogens is 488 g/mol. The molecule has 0 aliphatic heterocycles. The van der Waals surface area contributed by atoms with E-state index in [1.807, 2.05) is 6.08 Å². The summed E-state index contributed by atoms with van der Waals surface area (Å²) < 4.78 is 13.6. The van der Waals surface area contributed by atoms with Crippen molar-refractivity contribution in [3.05, 3.63) is 77.0 Å². The number of benzene rings is 2. The molecule has 0 N–H and O–H groups in total. The molecule has 5 nitrogen and oxygen atoms in total. The van der Waals surface area contributed by atoms with Crippen molar-refractivity contribution < 1.29 is 14.0 Å². The number of rotatable bonds is 10. The second kappa shape index (κ2) is 11.6. The molecule has 0 saturated carbocycles. The predicted octanol–water partition coefficient (Wildman–Crippen LogP) is 6.92. The van der Waals surface area contributed by atoms with Crippen LogP contribution in [0.1, 0.15) is 55.5 Å². The summed E-state index contributed by atoms with van der Waals surface area (Å²) in [5, 5.41) is 1.55. The quantitative estimate of drug-likeness (QED) is 0.162. The van der Waals surface area contributed by atoms with Crippen molar-refractivity contribution in [2.24, 2.45) is 7.05 Å². The molecule has 0 fully saturated rings. The Morgan fingerprint density at radius 1 is 1.16 bits per heavy atom. The SMILES string of the molecule is COC(=O)/C=C/c1ccc2c(c1)CCC2N(CCO[Si](C)(C)C(C)(C)C)CCc1cn(C)c2ccccc12. The van der Waals surface area contributed by atoms with Crippen LogP contribution in [0.3, 0.4) is 0 Å². The van der Waals surface area contributed by atoms with Crippen LogP contribution in [0.4, 0.5) is 0 Å². The van der Waals surface area contributed by atoms with Gasteiger partial charge in [0.15, 0.2) is 8.32 Å². The molecule has 1 heterocycles. The smallest absolute Gasteiger partial charge is 0.330 e. The van der Waals surface area contributed by atoms with Gasteiger partial charge in [0, 0.05) is 56.0 Å². The van der Waals surface area contributed by atoms with Gasteiger partial charge < -0.3 is 13.7 Å². The summed E-state index contributed by atoms with van der Waals surface area (Å²) in [6.07, 6.45) is 8.78. The number of methoxy groups -OCH3 is 1. The monoisotopic (exact) mass is 532 g/mol. The minimum Gasteiger partial charge on any atom is -0.466 e. The molecular formula is C32H44N2O3Si. The first kappa shape index (κ1) is 28.3. The van der Waals surface area contributed by atoms with E-state index in [1.165, 1.54) is 40.8 Å². The van der Waals surface area contributed by atoms with Crippen molar-refractivity contribution in [3.63, 3.8) is 0 Å². The van der Waals surface area contributed by atoms with Gasteiger partial charge in [0.05, 0.1) is 7.11 Å². The average molecular weight is 533 g/mol. The molecule has 1 aliphatic carbocycles. The molecule has 1 aromatic heterocycles. The van der Waals surface area contributed by atoms with E-state index in [0.717, 1.165) is 44.5 Å². The fourth-order valence-corrected chi connectivity index (χ4v) is 6.31. The summed E-state index contributed by atoms with van der Waals surface area (Å²) in [4.78, 5) is 14.2. The summed E-state index contributed by atoms with van der Waals surface area (Å²) in [7, 11) is 1.73. The summed E-state index contributed by atoms with van der Waals surface area (Å²) in [6, 6.07) is 15.7. The Hall–Kier alpha value is -2.67. The zero-order chi connectivity index (χ0) is 27.5. The number of ether oxygens (including phenoxy) is 1. The summed E-state index contributed by atoms with van der Waals surface area (Å²) in [5.41, 5.74) is 6.51. The van der Waals surface area contributed by atoms with Crippen molar-refractivity contribution in [2.75, 3.05) is 26.8 Å². The van der Waals surface area contributed by atoms with Crippen LogP contribution in [0, 0.1) is 0 Å². The van der Waals surface area contributed by atoms with Gasteiger partial charge in [-0.05, 0) is 71.8 Å². The van der Waals surface area contributed by atoms with Crippen molar-refractivity contribution in [2.45, 2.75) is 64.2 Å². The lowest BCUT2D eigenvalue weighted by Gasteiger charge is -2.37. The maximum atomic E-state index is 11.5. The largest absolute Gasteiger partial charge is 0.466 e. The highest BCUT2D eigenvalue weighted by atomic mass is 28.4. The standard InChI is InChI=1S/C32H44N2O3Si/c1-32(2,3)38(6,7)37-21-20-34(19-18-26-23-33(4)29-11-9-8-10-27(26)29)30-16-14-25-22-24(12-15-28(25)30)13-17-31(35)36-5/h8-13,15,17,22-23,30H,14,16,18-21H2,1-7H3/b17-13+. The Balaban J connectivity index is 1.54. The maximum Gasteiger partial charge on any atom is 0.330 e. The van der Waals surface area contributed by atoms with Crippen LogP contribution in [0.15, 0.2) is 54.7 Å². The molecule has 1 aliphatic rings. The van der Waals surface area contributed by atoms with Crippen molar-refractivity contribution >= 4 is 31.3 Å². The van der Waals surface area contributed by atoms with Gasteiger partial charge in [-0.25, -0.2) is 4.79 Å². The van der Waals surface area contributed by atoms with Crippen LogP contribution in [-0.4, -0.2) is 50.6 Å². The second-order valence-corrected chi connectivity index (χ2v) is 16.9. The van der Waals surface area contributed by atoms with Crippen LogP contribution in [0.5, 0.6) is 0 Å². The lowest BCUT2D eigenvalue weighted by atomic mass is 10.0. The van der Waals surface area contributed by atoms with E-state index in [-0.39, 0.29) is 11.0 Å². The molecule has 6 heteroatoms. The highest BCUT2D eigenvalue weighted by Gasteiger charge is 2.37. The number of fused-ring (bicyclic) bond motifs is 2. The van der Waals surface area contributed by atoms with Crippen molar-refractivity contribution in [1.82, 2.24) is 9.47 Å². The molecule has 0 amide bonds. The third-order valence-corrected chi connectivity index (χ3v) is 13.1. The van der Waals surface area contributed by atoms with Gasteiger partial charge >= 0.3 is 5.97 Å². The van der Waals surface area contributed by atoms with Crippen LogP contribution < -0.4 is 0 Å². The minimum absolute atomic E-state index is 0.203. The first-order valence-electron chi connectivity index (χ1n) is 13.8. The molecule has 1 atom stereocenters. The number of carbonyl (C=O) groups is 1. The maximum absolute atomic E-state index is 11.5. The third-order valence-electron chi connectivity index (χ3n) is 8.56. The number of esters is 1. The summed E-state index contributed by atoms with van der Waals surface area (Å²) in [6.45, 7) is 14.3. The Morgan fingerprint density at radius 2 is 1.92 bits per heavy atom. The van der Waals surface area contributed by atoms with Crippen molar-refractivity contribution in [3.8, 4) is 0 Å². The van der Waals surface area contributed by atoms with E-state index in [9.17, 15) is 4.79 Å². The zero-order valence-corrected chi connectivity index (χ0v) is 25.2. The topological polar surface area (TPSA) is 43.7 Å². The number of para-hydroxylation sites is 1. The number of nitrogens with zero attached hydrogens (tertiary/aromatic N) is 2. The van der Waals surface area contributed by atoms with E-state index in [4.69, 9.17) is 9.16 Å². The molecule has 2 aromatic carbocycles. The molecule has 38 heavy (non-hydrogen) atoms.